The Kier molecular flexibility index (Phi) is 4.29. The Morgan fingerprint density at radius 3 is 3.00 bits per heavy atom. The van der Waals surface area contributed by atoms with Crippen LogP contribution in [0.25, 0.3) is 0 Å². The monoisotopic (exact) mass is 242 g/mol. The van der Waals surface area contributed by atoms with Crippen LogP contribution < -0.4 is 0 Å². The second-order valence-corrected chi connectivity index (χ2v) is 4.42. The number of hydrogen-bond acceptors (Lipinski definition) is 2. The highest BCUT2D eigenvalue weighted by molar-refractivity contribution is 5.95. The number of ketones is 1. The zero-order chi connectivity index (χ0) is 12.8. The van der Waals surface area contributed by atoms with Gasteiger partial charge in [-0.25, -0.2) is 0 Å². The van der Waals surface area contributed by atoms with Gasteiger partial charge in [-0.1, -0.05) is 13.0 Å². The van der Waals surface area contributed by atoms with E-state index in [9.17, 15) is 4.79 Å². The minimum absolute atomic E-state index is 0.234. The first-order valence-electron chi connectivity index (χ1n) is 6.37. The second kappa shape index (κ2) is 6.15. The lowest BCUT2D eigenvalue weighted by molar-refractivity contribution is 0.0981. The van der Waals surface area contributed by atoms with Crippen molar-refractivity contribution in [3.8, 4) is 0 Å². The van der Waals surface area contributed by atoms with Gasteiger partial charge in [0.1, 0.15) is 0 Å². The van der Waals surface area contributed by atoms with Crippen molar-refractivity contribution in [3.63, 3.8) is 0 Å². The van der Waals surface area contributed by atoms with Crippen molar-refractivity contribution in [2.75, 3.05) is 0 Å². The maximum absolute atomic E-state index is 11.7. The summed E-state index contributed by atoms with van der Waals surface area (Å²) < 4.78 is 2.07. The SMILES string of the molecule is CCCC(=O)c1ccn(CCc2cccnc2)c1. The standard InChI is InChI=1S/C15H18N2O/c1-2-4-15(18)14-7-10-17(12-14)9-6-13-5-3-8-16-11-13/h3,5,7-8,10-12H,2,4,6,9H2,1H3. The lowest BCUT2D eigenvalue weighted by atomic mass is 10.1. The molecule has 0 radical (unpaired) electrons. The van der Waals surface area contributed by atoms with Gasteiger partial charge in [0.15, 0.2) is 5.78 Å². The summed E-state index contributed by atoms with van der Waals surface area (Å²) in [6.07, 6.45) is 10.0. The van der Waals surface area contributed by atoms with E-state index in [0.29, 0.717) is 6.42 Å². The number of carbonyl (C=O) groups is 1. The Hall–Kier alpha value is -1.90. The maximum atomic E-state index is 11.7. The molecule has 2 aromatic heterocycles. The summed E-state index contributed by atoms with van der Waals surface area (Å²) in [7, 11) is 0. The number of nitrogens with zero attached hydrogens (tertiary/aromatic N) is 2. The average molecular weight is 242 g/mol. The molecule has 0 unspecified atom stereocenters. The molecule has 0 fully saturated rings. The number of rotatable bonds is 6. The Morgan fingerprint density at radius 1 is 1.39 bits per heavy atom. The predicted octanol–water partition coefficient (Wildman–Crippen LogP) is 3.11. The van der Waals surface area contributed by atoms with Crippen LogP contribution in [0, 0.1) is 0 Å². The maximum Gasteiger partial charge on any atom is 0.164 e. The van der Waals surface area contributed by atoms with E-state index in [4.69, 9.17) is 0 Å². The zero-order valence-electron chi connectivity index (χ0n) is 10.7. The van der Waals surface area contributed by atoms with E-state index < -0.39 is 0 Å². The highest BCUT2D eigenvalue weighted by Crippen LogP contribution is 2.08. The molecule has 0 bridgehead atoms. The number of aryl methyl sites for hydroxylation is 2. The summed E-state index contributed by atoms with van der Waals surface area (Å²) in [5.41, 5.74) is 2.04. The van der Waals surface area contributed by atoms with E-state index in [1.807, 2.05) is 37.6 Å². The van der Waals surface area contributed by atoms with E-state index in [-0.39, 0.29) is 5.78 Å². The van der Waals surface area contributed by atoms with Gasteiger partial charge in [0, 0.05) is 43.3 Å². The van der Waals surface area contributed by atoms with Gasteiger partial charge >= 0.3 is 0 Å². The van der Waals surface area contributed by atoms with Gasteiger partial charge in [-0.3, -0.25) is 9.78 Å². The Balaban J connectivity index is 1.93. The van der Waals surface area contributed by atoms with Gasteiger partial charge in [-0.15, -0.1) is 0 Å². The van der Waals surface area contributed by atoms with Crippen LogP contribution in [0.15, 0.2) is 43.0 Å². The minimum atomic E-state index is 0.234. The van der Waals surface area contributed by atoms with Crippen molar-refractivity contribution in [1.29, 1.82) is 0 Å². The van der Waals surface area contributed by atoms with Crippen LogP contribution in [-0.2, 0) is 13.0 Å². The van der Waals surface area contributed by atoms with E-state index in [0.717, 1.165) is 24.9 Å². The number of pyridine rings is 1. The minimum Gasteiger partial charge on any atom is -0.353 e. The molecule has 3 nitrogen and oxygen atoms in total. The fraction of sp³-hybridized carbons (Fsp3) is 0.333. The van der Waals surface area contributed by atoms with Crippen molar-refractivity contribution in [2.24, 2.45) is 0 Å². The Labute approximate surface area is 107 Å². The molecule has 0 amide bonds. The third-order valence-corrected chi connectivity index (χ3v) is 2.93. The molecule has 2 heterocycles. The lowest BCUT2D eigenvalue weighted by Gasteiger charge is -2.02. The Morgan fingerprint density at radius 2 is 2.28 bits per heavy atom. The number of carbonyl (C=O) groups excluding carboxylic acids is 1. The lowest BCUT2D eigenvalue weighted by Crippen LogP contribution is -2.00. The van der Waals surface area contributed by atoms with E-state index in [1.54, 1.807) is 6.20 Å². The molecule has 0 saturated heterocycles. The molecule has 0 N–H and O–H groups in total. The van der Waals surface area contributed by atoms with Crippen LogP contribution in [0.5, 0.6) is 0 Å². The molecular formula is C15H18N2O. The van der Waals surface area contributed by atoms with Gasteiger partial charge in [0.05, 0.1) is 0 Å². The van der Waals surface area contributed by atoms with Gasteiger partial charge in [-0.05, 0) is 30.5 Å². The summed E-state index contributed by atoms with van der Waals surface area (Å²) in [6, 6.07) is 5.92. The first-order chi connectivity index (χ1) is 8.79. The topological polar surface area (TPSA) is 34.9 Å². The molecule has 3 heteroatoms. The molecule has 0 aliphatic carbocycles. The summed E-state index contributed by atoms with van der Waals surface area (Å²) in [5.74, 6) is 0.234. The molecular weight excluding hydrogens is 224 g/mol. The Bertz CT molecular complexity index is 502. The average Bonchev–Trinajstić information content (AvgIpc) is 2.87. The first-order valence-corrected chi connectivity index (χ1v) is 6.37. The number of aromatic nitrogens is 2. The molecule has 0 spiro atoms. The molecule has 94 valence electrons. The van der Waals surface area contributed by atoms with Crippen molar-refractivity contribution in [2.45, 2.75) is 32.7 Å². The highest BCUT2D eigenvalue weighted by Gasteiger charge is 2.06. The summed E-state index contributed by atoms with van der Waals surface area (Å²) >= 11 is 0. The molecule has 2 rings (SSSR count). The van der Waals surface area contributed by atoms with Crippen molar-refractivity contribution in [3.05, 3.63) is 54.1 Å². The fourth-order valence-electron chi connectivity index (χ4n) is 1.92. The van der Waals surface area contributed by atoms with E-state index in [2.05, 4.69) is 15.6 Å². The van der Waals surface area contributed by atoms with Crippen molar-refractivity contribution >= 4 is 5.78 Å². The molecule has 0 aliphatic rings. The van der Waals surface area contributed by atoms with Gasteiger partial charge in [-0.2, -0.15) is 0 Å². The largest absolute Gasteiger partial charge is 0.353 e. The van der Waals surface area contributed by atoms with Crippen LogP contribution in [0.4, 0.5) is 0 Å². The molecule has 0 atom stereocenters. The summed E-state index contributed by atoms with van der Waals surface area (Å²) in [5, 5.41) is 0. The molecule has 0 saturated carbocycles. The van der Waals surface area contributed by atoms with Gasteiger partial charge in [0.25, 0.3) is 0 Å². The molecule has 0 aliphatic heterocycles. The van der Waals surface area contributed by atoms with E-state index in [1.165, 1.54) is 5.56 Å². The van der Waals surface area contributed by atoms with Crippen LogP contribution in [0.3, 0.4) is 0 Å². The van der Waals surface area contributed by atoms with Crippen LogP contribution in [0.1, 0.15) is 35.7 Å². The van der Waals surface area contributed by atoms with E-state index >= 15 is 0 Å². The second-order valence-electron chi connectivity index (χ2n) is 4.42. The zero-order valence-corrected chi connectivity index (χ0v) is 10.7. The summed E-state index contributed by atoms with van der Waals surface area (Å²) in [6.45, 7) is 2.91. The van der Waals surface area contributed by atoms with Crippen LogP contribution in [-0.4, -0.2) is 15.3 Å². The van der Waals surface area contributed by atoms with Crippen LogP contribution in [0.2, 0.25) is 0 Å². The number of Topliss-reactive ketones (excluding diaryl/α,β-unsaturated/α-hetero) is 1. The highest BCUT2D eigenvalue weighted by atomic mass is 16.1. The normalized spacial score (nSPS) is 10.5. The summed E-state index contributed by atoms with van der Waals surface area (Å²) in [4.78, 5) is 15.8. The van der Waals surface area contributed by atoms with Crippen molar-refractivity contribution < 1.29 is 4.79 Å². The third kappa shape index (κ3) is 3.29. The molecule has 18 heavy (non-hydrogen) atoms. The first kappa shape index (κ1) is 12.6. The van der Waals surface area contributed by atoms with Gasteiger partial charge < -0.3 is 4.57 Å². The smallest absolute Gasteiger partial charge is 0.164 e. The quantitative estimate of drug-likeness (QED) is 0.729. The number of hydrogen-bond donors (Lipinski definition) is 0. The van der Waals surface area contributed by atoms with Gasteiger partial charge in [0.2, 0.25) is 0 Å². The van der Waals surface area contributed by atoms with Crippen LogP contribution >= 0.6 is 0 Å². The fourth-order valence-corrected chi connectivity index (χ4v) is 1.92. The third-order valence-electron chi connectivity index (χ3n) is 2.93. The predicted molar refractivity (Wildman–Crippen MR) is 71.6 cm³/mol. The molecule has 0 aromatic carbocycles. The van der Waals surface area contributed by atoms with Crippen molar-refractivity contribution in [1.82, 2.24) is 9.55 Å². The molecule has 2 aromatic rings.